The van der Waals surface area contributed by atoms with E-state index >= 15 is 0 Å². The molecule has 4 atom stereocenters. The molecule has 0 saturated heterocycles. The summed E-state index contributed by atoms with van der Waals surface area (Å²) in [5.74, 6) is 1.14. The highest BCUT2D eigenvalue weighted by atomic mass is 16.6. The molecule has 0 heterocycles. The lowest BCUT2D eigenvalue weighted by Gasteiger charge is -2.58. The standard InChI is InChI=1S/C21H34O3/c1-15-7-10-18-20(2,3)11-6-12-21(18,4)17(15)9-8-16(14-22)13-19(23)24-5/h8,14,17-19,23H,1,6-7,9-13H2,2-5H3/b16-8-/t17-,18-,19+,21+/m0/s1. The van der Waals surface area contributed by atoms with E-state index in [1.165, 1.54) is 38.4 Å². The Hall–Kier alpha value is -0.930. The van der Waals surface area contributed by atoms with Gasteiger partial charge in [0.15, 0.2) is 6.29 Å². The largest absolute Gasteiger partial charge is 0.368 e. The molecule has 136 valence electrons. The van der Waals surface area contributed by atoms with Crippen LogP contribution in [0.2, 0.25) is 0 Å². The number of fused-ring (bicyclic) bond motifs is 1. The number of aliphatic hydroxyl groups excluding tert-OH is 1. The smallest absolute Gasteiger partial charge is 0.158 e. The van der Waals surface area contributed by atoms with Crippen molar-refractivity contribution in [3.8, 4) is 0 Å². The van der Waals surface area contributed by atoms with Crippen molar-refractivity contribution in [1.29, 1.82) is 0 Å². The predicted molar refractivity (Wildman–Crippen MR) is 97.5 cm³/mol. The van der Waals surface area contributed by atoms with E-state index in [2.05, 4.69) is 27.4 Å². The van der Waals surface area contributed by atoms with Gasteiger partial charge in [-0.05, 0) is 60.3 Å². The Kier molecular flexibility index (Phi) is 6.09. The molecule has 2 aliphatic rings. The number of aliphatic hydroxyl groups is 1. The summed E-state index contributed by atoms with van der Waals surface area (Å²) in [4.78, 5) is 11.3. The van der Waals surface area contributed by atoms with Gasteiger partial charge in [0, 0.05) is 13.5 Å². The first-order valence-electron chi connectivity index (χ1n) is 9.27. The molecule has 3 heteroatoms. The zero-order chi connectivity index (χ0) is 18.0. The van der Waals surface area contributed by atoms with Gasteiger partial charge in [-0.1, -0.05) is 45.4 Å². The molecule has 0 aromatic carbocycles. The second-order valence-corrected chi connectivity index (χ2v) is 8.68. The summed E-state index contributed by atoms with van der Waals surface area (Å²) in [6.07, 6.45) is 9.20. The molecule has 2 saturated carbocycles. The molecule has 0 spiro atoms. The van der Waals surface area contributed by atoms with Crippen LogP contribution in [0.15, 0.2) is 23.8 Å². The van der Waals surface area contributed by atoms with Crippen LogP contribution in [0.1, 0.15) is 65.7 Å². The van der Waals surface area contributed by atoms with Gasteiger partial charge in [0.05, 0.1) is 0 Å². The fraction of sp³-hybridized carbons (Fsp3) is 0.762. The van der Waals surface area contributed by atoms with Crippen LogP contribution in [0.3, 0.4) is 0 Å². The summed E-state index contributed by atoms with van der Waals surface area (Å²) in [5, 5.41) is 9.62. The van der Waals surface area contributed by atoms with Crippen molar-refractivity contribution >= 4 is 6.29 Å². The number of hydrogen-bond donors (Lipinski definition) is 1. The van der Waals surface area contributed by atoms with Gasteiger partial charge in [-0.3, -0.25) is 4.79 Å². The summed E-state index contributed by atoms with van der Waals surface area (Å²) in [6.45, 7) is 11.6. The summed E-state index contributed by atoms with van der Waals surface area (Å²) in [7, 11) is 1.45. The van der Waals surface area contributed by atoms with E-state index in [0.717, 1.165) is 19.1 Å². The Morgan fingerprint density at radius 3 is 2.75 bits per heavy atom. The fourth-order valence-corrected chi connectivity index (χ4v) is 5.44. The third kappa shape index (κ3) is 3.83. The second-order valence-electron chi connectivity index (χ2n) is 8.68. The zero-order valence-corrected chi connectivity index (χ0v) is 15.8. The molecule has 0 amide bonds. The van der Waals surface area contributed by atoms with Crippen molar-refractivity contribution < 1.29 is 14.6 Å². The second kappa shape index (κ2) is 7.53. The minimum Gasteiger partial charge on any atom is -0.368 e. The van der Waals surface area contributed by atoms with E-state index in [4.69, 9.17) is 4.74 Å². The van der Waals surface area contributed by atoms with Crippen molar-refractivity contribution in [3.63, 3.8) is 0 Å². The monoisotopic (exact) mass is 334 g/mol. The number of allylic oxidation sites excluding steroid dienone is 2. The number of ether oxygens (including phenoxy) is 1. The maximum atomic E-state index is 11.3. The Bertz CT molecular complexity index is 505. The first-order valence-corrected chi connectivity index (χ1v) is 9.27. The third-order valence-corrected chi connectivity index (χ3v) is 6.77. The molecule has 24 heavy (non-hydrogen) atoms. The van der Waals surface area contributed by atoms with Crippen LogP contribution in [0, 0.1) is 22.7 Å². The van der Waals surface area contributed by atoms with E-state index in [9.17, 15) is 9.90 Å². The van der Waals surface area contributed by atoms with E-state index in [-0.39, 0.29) is 11.8 Å². The average molecular weight is 335 g/mol. The van der Waals surface area contributed by atoms with Crippen LogP contribution in [0.5, 0.6) is 0 Å². The topological polar surface area (TPSA) is 46.5 Å². The first-order chi connectivity index (χ1) is 11.2. The van der Waals surface area contributed by atoms with Crippen molar-refractivity contribution in [2.45, 2.75) is 72.0 Å². The van der Waals surface area contributed by atoms with E-state index < -0.39 is 6.29 Å². The van der Waals surface area contributed by atoms with Gasteiger partial charge in [-0.25, -0.2) is 0 Å². The molecule has 2 rings (SSSR count). The summed E-state index contributed by atoms with van der Waals surface area (Å²) in [6, 6.07) is 0. The number of rotatable bonds is 6. The van der Waals surface area contributed by atoms with Crippen LogP contribution >= 0.6 is 0 Å². The van der Waals surface area contributed by atoms with Gasteiger partial charge >= 0.3 is 0 Å². The molecule has 0 aromatic rings. The van der Waals surface area contributed by atoms with Gasteiger partial charge in [0.25, 0.3) is 0 Å². The number of methoxy groups -OCH3 is 1. The number of carbonyl (C=O) groups excluding carboxylic acids is 1. The molecule has 2 aliphatic carbocycles. The van der Waals surface area contributed by atoms with Crippen molar-refractivity contribution in [2.75, 3.05) is 7.11 Å². The molecule has 0 radical (unpaired) electrons. The Morgan fingerprint density at radius 2 is 2.12 bits per heavy atom. The number of aldehydes is 1. The van der Waals surface area contributed by atoms with Crippen LogP contribution in [0.4, 0.5) is 0 Å². The van der Waals surface area contributed by atoms with Crippen molar-refractivity contribution in [1.82, 2.24) is 0 Å². The first kappa shape index (κ1) is 19.4. The van der Waals surface area contributed by atoms with Crippen molar-refractivity contribution in [2.24, 2.45) is 22.7 Å². The maximum Gasteiger partial charge on any atom is 0.158 e. The van der Waals surface area contributed by atoms with Crippen LogP contribution in [0.25, 0.3) is 0 Å². The van der Waals surface area contributed by atoms with Gasteiger partial charge in [-0.2, -0.15) is 0 Å². The van der Waals surface area contributed by atoms with Gasteiger partial charge < -0.3 is 9.84 Å². The lowest BCUT2D eigenvalue weighted by atomic mass is 9.47. The molecule has 2 fully saturated rings. The molecule has 0 aliphatic heterocycles. The van der Waals surface area contributed by atoms with E-state index in [1.807, 2.05) is 6.08 Å². The summed E-state index contributed by atoms with van der Waals surface area (Å²) >= 11 is 0. The van der Waals surface area contributed by atoms with Gasteiger partial charge in [-0.15, -0.1) is 0 Å². The highest BCUT2D eigenvalue weighted by Gasteiger charge is 2.52. The lowest BCUT2D eigenvalue weighted by molar-refractivity contribution is -0.107. The SMILES string of the molecule is C=C1CC[C@H]2C(C)(C)CCC[C@]2(C)[C@H]1C/C=C(\C=O)C[C@H](O)OC. The van der Waals surface area contributed by atoms with E-state index in [1.54, 1.807) is 0 Å². The van der Waals surface area contributed by atoms with Crippen LogP contribution in [-0.4, -0.2) is 24.8 Å². The summed E-state index contributed by atoms with van der Waals surface area (Å²) < 4.78 is 4.87. The fourth-order valence-electron chi connectivity index (χ4n) is 5.44. The molecule has 1 N–H and O–H groups in total. The molecular formula is C21H34O3. The van der Waals surface area contributed by atoms with Crippen LogP contribution in [-0.2, 0) is 9.53 Å². The summed E-state index contributed by atoms with van der Waals surface area (Å²) in [5.41, 5.74) is 2.61. The zero-order valence-electron chi connectivity index (χ0n) is 15.8. The van der Waals surface area contributed by atoms with Crippen molar-refractivity contribution in [3.05, 3.63) is 23.8 Å². The highest BCUT2D eigenvalue weighted by Crippen LogP contribution is 2.61. The average Bonchev–Trinajstić information content (AvgIpc) is 2.51. The molecule has 0 bridgehead atoms. The van der Waals surface area contributed by atoms with E-state index in [0.29, 0.717) is 22.8 Å². The Labute approximate surface area is 147 Å². The number of carbonyl (C=O) groups is 1. The molecular weight excluding hydrogens is 300 g/mol. The lowest BCUT2D eigenvalue weighted by Crippen LogP contribution is -2.49. The minimum absolute atomic E-state index is 0.255. The minimum atomic E-state index is -0.909. The van der Waals surface area contributed by atoms with Gasteiger partial charge in [0.1, 0.15) is 6.29 Å². The molecule has 3 nitrogen and oxygen atoms in total. The maximum absolute atomic E-state index is 11.3. The highest BCUT2D eigenvalue weighted by molar-refractivity contribution is 5.73. The molecule has 0 unspecified atom stereocenters. The Balaban J connectivity index is 2.20. The third-order valence-electron chi connectivity index (χ3n) is 6.77. The van der Waals surface area contributed by atoms with Crippen LogP contribution < -0.4 is 0 Å². The quantitative estimate of drug-likeness (QED) is 0.333. The Morgan fingerprint density at radius 1 is 1.42 bits per heavy atom. The predicted octanol–water partition coefficient (Wildman–Crippen LogP) is 4.66. The molecule has 0 aromatic heterocycles. The normalized spacial score (nSPS) is 34.5. The van der Waals surface area contributed by atoms with Gasteiger partial charge in [0.2, 0.25) is 0 Å². The number of hydrogen-bond acceptors (Lipinski definition) is 3.